The van der Waals surface area contributed by atoms with E-state index in [-0.39, 0.29) is 17.9 Å². The zero-order valence-corrected chi connectivity index (χ0v) is 17.1. The molecule has 2 heterocycles. The van der Waals surface area contributed by atoms with Gasteiger partial charge in [-0.25, -0.2) is 4.68 Å². The molecule has 0 fully saturated rings. The maximum atomic E-state index is 12.6. The average molecular weight is 416 g/mol. The second-order valence-corrected chi connectivity index (χ2v) is 7.05. The number of allylic oxidation sites excluding steroid dienone is 1. The molecule has 4 aromatic rings. The van der Waals surface area contributed by atoms with E-state index in [4.69, 9.17) is 5.10 Å². The summed E-state index contributed by atoms with van der Waals surface area (Å²) >= 11 is 0. The van der Waals surface area contributed by atoms with E-state index >= 15 is 0 Å². The Morgan fingerprint density at radius 1 is 0.969 bits per heavy atom. The van der Waals surface area contributed by atoms with Gasteiger partial charge in [0.05, 0.1) is 11.3 Å². The SMILES string of the molecule is N#CC(C#N)=Cc1cn(-c2ccccc2)nc1-c1ccc[n+](CC(=O)c2ccccc2)c1. The van der Waals surface area contributed by atoms with Crippen LogP contribution in [0, 0.1) is 22.7 Å². The van der Waals surface area contributed by atoms with Crippen LogP contribution in [0.1, 0.15) is 15.9 Å². The lowest BCUT2D eigenvalue weighted by atomic mass is 10.1. The van der Waals surface area contributed by atoms with Gasteiger partial charge < -0.3 is 0 Å². The van der Waals surface area contributed by atoms with Crippen LogP contribution in [0.4, 0.5) is 0 Å². The van der Waals surface area contributed by atoms with Gasteiger partial charge in [0.15, 0.2) is 12.4 Å². The number of hydrogen-bond donors (Lipinski definition) is 0. The first kappa shape index (κ1) is 20.5. The molecule has 0 bridgehead atoms. The lowest BCUT2D eigenvalue weighted by Gasteiger charge is -2.01. The molecule has 6 heteroatoms. The van der Waals surface area contributed by atoms with E-state index in [1.165, 1.54) is 6.08 Å². The Morgan fingerprint density at radius 2 is 1.66 bits per heavy atom. The molecule has 0 aliphatic heterocycles. The Hall–Kier alpha value is -4.81. The molecule has 2 aromatic heterocycles. The van der Waals surface area contributed by atoms with Gasteiger partial charge >= 0.3 is 0 Å². The van der Waals surface area contributed by atoms with E-state index in [1.54, 1.807) is 27.6 Å². The number of carbonyl (C=O) groups is 1. The van der Waals surface area contributed by atoms with E-state index < -0.39 is 0 Å². The maximum absolute atomic E-state index is 12.6. The number of nitriles is 2. The van der Waals surface area contributed by atoms with Crippen LogP contribution in [0.3, 0.4) is 0 Å². The van der Waals surface area contributed by atoms with Crippen molar-refractivity contribution in [3.05, 3.63) is 108 Å². The van der Waals surface area contributed by atoms with Gasteiger partial charge in [0, 0.05) is 23.4 Å². The molecule has 32 heavy (non-hydrogen) atoms. The molecule has 152 valence electrons. The third-order valence-corrected chi connectivity index (χ3v) is 4.86. The summed E-state index contributed by atoms with van der Waals surface area (Å²) in [7, 11) is 0. The highest BCUT2D eigenvalue weighted by atomic mass is 16.1. The van der Waals surface area contributed by atoms with E-state index in [9.17, 15) is 15.3 Å². The number of carbonyl (C=O) groups excluding carboxylic acids is 1. The van der Waals surface area contributed by atoms with Crippen LogP contribution < -0.4 is 4.57 Å². The van der Waals surface area contributed by atoms with Crippen molar-refractivity contribution in [2.24, 2.45) is 0 Å². The van der Waals surface area contributed by atoms with Crippen LogP contribution >= 0.6 is 0 Å². The van der Waals surface area contributed by atoms with Crippen LogP contribution in [-0.4, -0.2) is 15.6 Å². The van der Waals surface area contributed by atoms with Crippen molar-refractivity contribution >= 4 is 11.9 Å². The predicted octanol–water partition coefficient (Wildman–Crippen LogP) is 4.14. The van der Waals surface area contributed by atoms with Crippen LogP contribution in [0.15, 0.2) is 97.0 Å². The number of pyridine rings is 1. The maximum Gasteiger partial charge on any atom is 0.227 e. The first-order valence-corrected chi connectivity index (χ1v) is 9.92. The molecule has 6 nitrogen and oxygen atoms in total. The largest absolute Gasteiger partial charge is 0.287 e. The normalized spacial score (nSPS) is 10.1. The van der Waals surface area contributed by atoms with Crippen molar-refractivity contribution in [3.8, 4) is 29.1 Å². The third-order valence-electron chi connectivity index (χ3n) is 4.86. The zero-order valence-electron chi connectivity index (χ0n) is 17.1. The van der Waals surface area contributed by atoms with Crippen LogP contribution in [0.2, 0.25) is 0 Å². The Balaban J connectivity index is 1.74. The number of nitrogens with zero attached hydrogens (tertiary/aromatic N) is 5. The summed E-state index contributed by atoms with van der Waals surface area (Å²) < 4.78 is 3.51. The molecule has 4 rings (SSSR count). The third kappa shape index (κ3) is 4.51. The minimum Gasteiger partial charge on any atom is -0.287 e. The molecule has 0 amide bonds. The highest BCUT2D eigenvalue weighted by Gasteiger charge is 2.17. The van der Waals surface area contributed by atoms with E-state index in [1.807, 2.05) is 85.2 Å². The van der Waals surface area contributed by atoms with Gasteiger partial charge in [-0.15, -0.1) is 0 Å². The Bertz CT molecular complexity index is 1360. The summed E-state index contributed by atoms with van der Waals surface area (Å²) in [6.07, 6.45) is 6.97. The monoisotopic (exact) mass is 416 g/mol. The first-order valence-electron chi connectivity index (χ1n) is 9.92. The van der Waals surface area contributed by atoms with Crippen LogP contribution in [-0.2, 0) is 6.54 Å². The highest BCUT2D eigenvalue weighted by Crippen LogP contribution is 2.25. The number of rotatable bonds is 6. The van der Waals surface area contributed by atoms with Gasteiger partial charge in [0.1, 0.15) is 23.4 Å². The topological polar surface area (TPSA) is 86.3 Å². The molecule has 0 aliphatic rings. The quantitative estimate of drug-likeness (QED) is 0.269. The summed E-state index contributed by atoms with van der Waals surface area (Å²) in [6, 6.07) is 26.2. The minimum atomic E-state index is -0.0121. The fourth-order valence-electron chi connectivity index (χ4n) is 3.32. The van der Waals surface area contributed by atoms with Crippen molar-refractivity contribution < 1.29 is 9.36 Å². The number of para-hydroxylation sites is 1. The van der Waals surface area contributed by atoms with Gasteiger partial charge in [-0.1, -0.05) is 48.5 Å². The van der Waals surface area contributed by atoms with Gasteiger partial charge in [-0.05, 0) is 24.3 Å². The lowest BCUT2D eigenvalue weighted by Crippen LogP contribution is -2.37. The van der Waals surface area contributed by atoms with Gasteiger partial charge in [0.25, 0.3) is 0 Å². The van der Waals surface area contributed by atoms with Crippen molar-refractivity contribution in [2.45, 2.75) is 6.54 Å². The second-order valence-electron chi connectivity index (χ2n) is 7.05. The highest BCUT2D eigenvalue weighted by molar-refractivity contribution is 5.95. The summed E-state index contributed by atoms with van der Waals surface area (Å²) in [5.41, 5.74) is 3.51. The Kier molecular flexibility index (Phi) is 5.97. The van der Waals surface area contributed by atoms with Gasteiger partial charge in [0.2, 0.25) is 12.3 Å². The molecule has 0 atom stereocenters. The predicted molar refractivity (Wildman–Crippen MR) is 119 cm³/mol. The molecule has 0 radical (unpaired) electrons. The minimum absolute atomic E-state index is 0.000989. The van der Waals surface area contributed by atoms with Gasteiger partial charge in [-0.3, -0.25) is 4.79 Å². The lowest BCUT2D eigenvalue weighted by molar-refractivity contribution is -0.682. The fourth-order valence-corrected chi connectivity index (χ4v) is 3.32. The van der Waals surface area contributed by atoms with Crippen molar-refractivity contribution in [1.82, 2.24) is 9.78 Å². The molecule has 0 saturated heterocycles. The summed E-state index contributed by atoms with van der Waals surface area (Å²) in [5.74, 6) is -0.000989. The smallest absolute Gasteiger partial charge is 0.227 e. The Morgan fingerprint density at radius 3 is 2.34 bits per heavy atom. The number of ketones is 1. The molecule has 0 unspecified atom stereocenters. The summed E-state index contributed by atoms with van der Waals surface area (Å²) in [4.78, 5) is 12.6. The molecule has 0 spiro atoms. The van der Waals surface area contributed by atoms with E-state index in [0.29, 0.717) is 16.8 Å². The number of hydrogen-bond acceptors (Lipinski definition) is 4. The molecule has 0 N–H and O–H groups in total. The van der Waals surface area contributed by atoms with E-state index in [0.717, 1.165) is 11.3 Å². The average Bonchev–Trinajstić information content (AvgIpc) is 3.27. The summed E-state index contributed by atoms with van der Waals surface area (Å²) in [6.45, 7) is 0.185. The van der Waals surface area contributed by atoms with Crippen LogP contribution in [0.25, 0.3) is 23.0 Å². The van der Waals surface area contributed by atoms with Crippen LogP contribution in [0.5, 0.6) is 0 Å². The Labute approximate surface area is 185 Å². The number of benzene rings is 2. The van der Waals surface area contributed by atoms with Gasteiger partial charge in [-0.2, -0.15) is 20.2 Å². The molecular weight excluding hydrogens is 398 g/mol. The van der Waals surface area contributed by atoms with Crippen molar-refractivity contribution in [3.63, 3.8) is 0 Å². The molecular formula is C26H18N5O+. The molecule has 2 aromatic carbocycles. The fraction of sp³-hybridized carbons (Fsp3) is 0.0385. The van der Waals surface area contributed by atoms with E-state index in [2.05, 4.69) is 0 Å². The van der Waals surface area contributed by atoms with Crippen molar-refractivity contribution in [1.29, 1.82) is 10.5 Å². The number of Topliss-reactive ketones (excluding diaryl/α,β-unsaturated/α-hetero) is 1. The standard InChI is InChI=1S/C26H18N5O/c27-15-20(16-28)14-23-18-31(24-11-5-2-6-12-24)29-26(23)22-10-7-13-30(17-22)19-25(32)21-8-3-1-4-9-21/h1-14,17-18H,19H2/q+1. The number of aromatic nitrogens is 3. The second kappa shape index (κ2) is 9.34. The zero-order chi connectivity index (χ0) is 22.3. The molecule has 0 aliphatic carbocycles. The summed E-state index contributed by atoms with van der Waals surface area (Å²) in [5, 5.41) is 23.1. The van der Waals surface area contributed by atoms with Crippen molar-refractivity contribution in [2.75, 3.05) is 0 Å². The molecule has 0 saturated carbocycles. The first-order chi connectivity index (χ1) is 15.7.